The van der Waals surface area contributed by atoms with Crippen LogP contribution in [0.15, 0.2) is 4.60 Å². The highest BCUT2D eigenvalue weighted by atomic mass is 79.9. The molecule has 6 heteroatoms. The van der Waals surface area contributed by atoms with E-state index in [1.54, 1.807) is 0 Å². The van der Waals surface area contributed by atoms with Crippen molar-refractivity contribution in [2.45, 2.75) is 19.4 Å². The monoisotopic (exact) mass is 246 g/mol. The molecule has 0 unspecified atom stereocenters. The van der Waals surface area contributed by atoms with E-state index < -0.39 is 6.16 Å². The van der Waals surface area contributed by atoms with Gasteiger partial charge in [0, 0.05) is 13.0 Å². The number of fused-ring (bicyclic) bond motifs is 1. The Morgan fingerprint density at radius 1 is 1.69 bits per heavy atom. The van der Waals surface area contributed by atoms with Crippen LogP contribution in [0.2, 0.25) is 0 Å². The first-order chi connectivity index (χ1) is 6.18. The largest absolute Gasteiger partial charge is 0.512 e. The molecule has 2 heterocycles. The Kier molecular flexibility index (Phi) is 1.99. The molecule has 0 saturated carbocycles. The quantitative estimate of drug-likeness (QED) is 0.766. The number of aromatic nitrogens is 2. The molecular formula is C7H7BrN2O3. The summed E-state index contributed by atoms with van der Waals surface area (Å²) in [5.74, 6) is 1.02. The third-order valence-corrected chi connectivity index (χ3v) is 2.69. The SMILES string of the molecule is O=C(O)Oc1nc2n(c1Br)CCC2. The Morgan fingerprint density at radius 2 is 2.46 bits per heavy atom. The van der Waals surface area contributed by atoms with Crippen molar-refractivity contribution in [3.63, 3.8) is 0 Å². The standard InChI is InChI=1S/C7H7BrN2O3/c8-5-6(13-7(11)12)9-4-2-1-3-10(4)5/h1-3H2,(H,11,12). The van der Waals surface area contributed by atoms with Gasteiger partial charge in [-0.3, -0.25) is 0 Å². The van der Waals surface area contributed by atoms with Crippen LogP contribution in [-0.2, 0) is 13.0 Å². The maximum Gasteiger partial charge on any atom is 0.512 e. The minimum Gasteiger partial charge on any atom is -0.449 e. The predicted molar refractivity (Wildman–Crippen MR) is 46.9 cm³/mol. The molecule has 0 bridgehead atoms. The number of aryl methyl sites for hydroxylation is 1. The fraction of sp³-hybridized carbons (Fsp3) is 0.429. The van der Waals surface area contributed by atoms with Crippen LogP contribution < -0.4 is 4.74 Å². The minimum atomic E-state index is -1.34. The minimum absolute atomic E-state index is 0.141. The molecular weight excluding hydrogens is 240 g/mol. The van der Waals surface area contributed by atoms with Gasteiger partial charge >= 0.3 is 6.16 Å². The second kappa shape index (κ2) is 3.02. The van der Waals surface area contributed by atoms with Crippen molar-refractivity contribution >= 4 is 22.1 Å². The van der Waals surface area contributed by atoms with Gasteiger partial charge in [0.15, 0.2) is 0 Å². The summed E-state index contributed by atoms with van der Waals surface area (Å²) < 4.78 is 7.01. The zero-order valence-electron chi connectivity index (χ0n) is 6.66. The van der Waals surface area contributed by atoms with Crippen LogP contribution in [-0.4, -0.2) is 20.8 Å². The molecule has 2 rings (SSSR count). The van der Waals surface area contributed by atoms with Gasteiger partial charge in [-0.2, -0.15) is 4.98 Å². The summed E-state index contributed by atoms with van der Waals surface area (Å²) >= 11 is 3.24. The Morgan fingerprint density at radius 3 is 3.08 bits per heavy atom. The van der Waals surface area contributed by atoms with Crippen molar-refractivity contribution in [3.8, 4) is 5.88 Å². The first-order valence-corrected chi connectivity index (χ1v) is 4.63. The molecule has 0 spiro atoms. The van der Waals surface area contributed by atoms with Gasteiger partial charge in [-0.05, 0) is 22.4 Å². The number of ether oxygens (including phenoxy) is 1. The van der Waals surface area contributed by atoms with E-state index in [2.05, 4.69) is 25.7 Å². The zero-order chi connectivity index (χ0) is 9.42. The van der Waals surface area contributed by atoms with Crippen molar-refractivity contribution in [2.75, 3.05) is 0 Å². The lowest BCUT2D eigenvalue weighted by Crippen LogP contribution is -2.04. The third kappa shape index (κ3) is 1.41. The number of carbonyl (C=O) groups is 1. The summed E-state index contributed by atoms with van der Waals surface area (Å²) in [5.41, 5.74) is 0. The highest BCUT2D eigenvalue weighted by molar-refractivity contribution is 9.10. The molecule has 1 aliphatic heterocycles. The Hall–Kier alpha value is -1.04. The van der Waals surface area contributed by atoms with E-state index in [1.165, 1.54) is 0 Å². The van der Waals surface area contributed by atoms with Gasteiger partial charge in [-0.1, -0.05) is 0 Å². The lowest BCUT2D eigenvalue weighted by molar-refractivity contribution is 0.142. The van der Waals surface area contributed by atoms with Crippen LogP contribution in [0.25, 0.3) is 0 Å². The summed E-state index contributed by atoms with van der Waals surface area (Å²) in [4.78, 5) is 14.3. The smallest absolute Gasteiger partial charge is 0.449 e. The topological polar surface area (TPSA) is 64.3 Å². The van der Waals surface area contributed by atoms with E-state index >= 15 is 0 Å². The highest BCUT2D eigenvalue weighted by Crippen LogP contribution is 2.29. The molecule has 5 nitrogen and oxygen atoms in total. The van der Waals surface area contributed by atoms with E-state index in [9.17, 15) is 4.79 Å². The van der Waals surface area contributed by atoms with E-state index in [4.69, 9.17) is 5.11 Å². The normalized spacial score (nSPS) is 14.2. The maximum absolute atomic E-state index is 10.3. The Bertz CT molecular complexity index is 361. The molecule has 1 aromatic rings. The van der Waals surface area contributed by atoms with Crippen LogP contribution in [0.3, 0.4) is 0 Å². The second-order valence-electron chi connectivity index (χ2n) is 2.75. The van der Waals surface area contributed by atoms with Crippen LogP contribution in [0.4, 0.5) is 4.79 Å². The van der Waals surface area contributed by atoms with Crippen LogP contribution >= 0.6 is 15.9 Å². The number of nitrogens with zero attached hydrogens (tertiary/aromatic N) is 2. The highest BCUT2D eigenvalue weighted by Gasteiger charge is 2.21. The molecule has 1 aliphatic rings. The van der Waals surface area contributed by atoms with Crippen molar-refractivity contribution in [2.24, 2.45) is 0 Å². The number of imidazole rings is 1. The number of hydrogen-bond acceptors (Lipinski definition) is 3. The van der Waals surface area contributed by atoms with E-state index in [1.807, 2.05) is 4.57 Å². The van der Waals surface area contributed by atoms with Gasteiger partial charge in [0.25, 0.3) is 5.88 Å². The number of carboxylic acid groups (broad SMARTS) is 1. The molecule has 13 heavy (non-hydrogen) atoms. The van der Waals surface area contributed by atoms with Crippen LogP contribution in [0, 0.1) is 0 Å². The molecule has 0 aromatic carbocycles. The molecule has 0 saturated heterocycles. The Balaban J connectivity index is 2.33. The maximum atomic E-state index is 10.3. The number of rotatable bonds is 1. The van der Waals surface area contributed by atoms with Gasteiger partial charge < -0.3 is 14.4 Å². The molecule has 70 valence electrons. The first-order valence-electron chi connectivity index (χ1n) is 3.84. The molecule has 1 aromatic heterocycles. The first kappa shape index (κ1) is 8.55. The summed E-state index contributed by atoms with van der Waals surface area (Å²) in [6.45, 7) is 0.867. The second-order valence-corrected chi connectivity index (χ2v) is 3.50. The van der Waals surface area contributed by atoms with Crippen molar-refractivity contribution in [1.82, 2.24) is 9.55 Å². The average molecular weight is 247 g/mol. The molecule has 1 N–H and O–H groups in total. The molecule has 0 fully saturated rings. The molecule has 0 amide bonds. The molecule has 0 radical (unpaired) electrons. The van der Waals surface area contributed by atoms with Gasteiger partial charge in [-0.25, -0.2) is 4.79 Å². The summed E-state index contributed by atoms with van der Waals surface area (Å²) in [6.07, 6.45) is 0.591. The lowest BCUT2D eigenvalue weighted by atomic mass is 10.4. The zero-order valence-corrected chi connectivity index (χ0v) is 8.24. The van der Waals surface area contributed by atoms with Gasteiger partial charge in [-0.15, -0.1) is 0 Å². The van der Waals surface area contributed by atoms with E-state index in [0.29, 0.717) is 4.60 Å². The Labute approximate surface area is 82.5 Å². The summed E-state index contributed by atoms with van der Waals surface area (Å²) in [5, 5.41) is 8.39. The van der Waals surface area contributed by atoms with Gasteiger partial charge in [0.05, 0.1) is 0 Å². The molecule has 0 atom stereocenters. The van der Waals surface area contributed by atoms with Gasteiger partial charge in [0.1, 0.15) is 10.4 Å². The van der Waals surface area contributed by atoms with E-state index in [0.717, 1.165) is 25.2 Å². The van der Waals surface area contributed by atoms with Gasteiger partial charge in [0.2, 0.25) is 0 Å². The summed E-state index contributed by atoms with van der Waals surface area (Å²) in [7, 11) is 0. The van der Waals surface area contributed by atoms with Crippen molar-refractivity contribution < 1.29 is 14.6 Å². The third-order valence-electron chi connectivity index (χ3n) is 1.92. The van der Waals surface area contributed by atoms with Crippen LogP contribution in [0.1, 0.15) is 12.2 Å². The summed E-state index contributed by atoms with van der Waals surface area (Å²) in [6, 6.07) is 0. The van der Waals surface area contributed by atoms with Crippen LogP contribution in [0.5, 0.6) is 5.88 Å². The fourth-order valence-corrected chi connectivity index (χ4v) is 1.97. The number of halogens is 1. The molecule has 0 aliphatic carbocycles. The predicted octanol–water partition coefficient (Wildman–Crippen LogP) is 1.65. The van der Waals surface area contributed by atoms with Crippen molar-refractivity contribution in [1.29, 1.82) is 0 Å². The lowest BCUT2D eigenvalue weighted by Gasteiger charge is -1.97. The number of hydrogen-bond donors (Lipinski definition) is 1. The van der Waals surface area contributed by atoms with Crippen molar-refractivity contribution in [3.05, 3.63) is 10.4 Å². The average Bonchev–Trinajstić information content (AvgIpc) is 2.56. The fourth-order valence-electron chi connectivity index (χ4n) is 1.41. The van der Waals surface area contributed by atoms with E-state index in [-0.39, 0.29) is 5.88 Å².